The van der Waals surface area contributed by atoms with Gasteiger partial charge in [0, 0.05) is 12.8 Å². The van der Waals surface area contributed by atoms with Crippen LogP contribution >= 0.6 is 0 Å². The molecule has 0 heterocycles. The van der Waals surface area contributed by atoms with Gasteiger partial charge in [0.1, 0.15) is 13.2 Å². The lowest BCUT2D eigenvalue weighted by Crippen LogP contribution is -2.40. The molecule has 0 aliphatic carbocycles. The summed E-state index contributed by atoms with van der Waals surface area (Å²) in [6, 6.07) is 0. The van der Waals surface area contributed by atoms with Gasteiger partial charge in [-0.05, 0) is 89.9 Å². The highest BCUT2D eigenvalue weighted by atomic mass is 16.7. The Bertz CT molecular complexity index is 1770. The Morgan fingerprint density at radius 1 is 0.341 bits per heavy atom. The fraction of sp³-hybridized carbons (Fsp3) is 0.793. The minimum atomic E-state index is -1.52. The van der Waals surface area contributed by atoms with Gasteiger partial charge in [0.15, 0.2) is 6.10 Å². The number of likely N-dealkylation sites (N-methyl/N-ethyl adjacent to an activating group) is 1. The molecule has 0 spiro atoms. The van der Waals surface area contributed by atoms with Gasteiger partial charge in [0.25, 0.3) is 6.29 Å². The fourth-order valence-electron chi connectivity index (χ4n) is 11.3. The first-order valence-electron chi connectivity index (χ1n) is 38.8. The van der Waals surface area contributed by atoms with Crippen LogP contribution in [-0.4, -0.2) is 87.4 Å². The van der Waals surface area contributed by atoms with Crippen molar-refractivity contribution in [2.45, 2.75) is 373 Å². The molecule has 91 heavy (non-hydrogen) atoms. The molecule has 2 atom stereocenters. The van der Waals surface area contributed by atoms with Crippen LogP contribution in [0.5, 0.6) is 0 Å². The third-order valence-electron chi connectivity index (χ3n) is 17.1. The van der Waals surface area contributed by atoms with Crippen LogP contribution in [-0.2, 0) is 33.3 Å². The third-order valence-corrected chi connectivity index (χ3v) is 17.1. The Morgan fingerprint density at radius 2 is 0.626 bits per heavy atom. The van der Waals surface area contributed by atoms with Crippen LogP contribution in [0.3, 0.4) is 0 Å². The number of unbranched alkanes of at least 4 members (excludes halogenated alkanes) is 43. The van der Waals surface area contributed by atoms with Crippen molar-refractivity contribution in [2.75, 3.05) is 47.5 Å². The highest BCUT2D eigenvalue weighted by molar-refractivity contribution is 5.71. The van der Waals surface area contributed by atoms with Gasteiger partial charge in [-0.2, -0.15) is 0 Å². The normalized spacial score (nSPS) is 13.1. The molecule has 0 rings (SSSR count). The van der Waals surface area contributed by atoms with Crippen LogP contribution in [0.25, 0.3) is 0 Å². The van der Waals surface area contributed by atoms with Gasteiger partial charge in [-0.25, -0.2) is 4.79 Å². The number of carboxylic acids is 1. The van der Waals surface area contributed by atoms with E-state index < -0.39 is 24.3 Å². The van der Waals surface area contributed by atoms with Crippen LogP contribution in [0.15, 0.2) is 85.1 Å². The lowest BCUT2D eigenvalue weighted by Gasteiger charge is -2.25. The zero-order valence-electron chi connectivity index (χ0n) is 60.5. The van der Waals surface area contributed by atoms with E-state index in [0.717, 1.165) is 83.5 Å². The number of hydrogen-bond acceptors (Lipinski definition) is 7. The molecule has 528 valence electrons. The average Bonchev–Trinajstić information content (AvgIpc) is 3.66. The number of carbonyl (C=O) groups excluding carboxylic acids is 2. The van der Waals surface area contributed by atoms with Crippen LogP contribution < -0.4 is 0 Å². The smallest absolute Gasteiger partial charge is 0.361 e. The first-order valence-corrected chi connectivity index (χ1v) is 38.8. The average molecular weight is 1280 g/mol. The summed E-state index contributed by atoms with van der Waals surface area (Å²) in [6.07, 6.45) is 95.9. The van der Waals surface area contributed by atoms with E-state index in [1.165, 1.54) is 244 Å². The molecule has 0 radical (unpaired) electrons. The van der Waals surface area contributed by atoms with Gasteiger partial charge >= 0.3 is 17.9 Å². The van der Waals surface area contributed by atoms with Crippen LogP contribution in [0.2, 0.25) is 0 Å². The Balaban J connectivity index is 4.02. The minimum absolute atomic E-state index is 0.184. The van der Waals surface area contributed by atoms with Crippen LogP contribution in [0.1, 0.15) is 361 Å². The molecule has 0 saturated carbocycles. The topological polar surface area (TPSA) is 108 Å². The maximum absolute atomic E-state index is 13.0. The van der Waals surface area contributed by atoms with E-state index in [1.807, 2.05) is 21.1 Å². The van der Waals surface area contributed by atoms with Crippen molar-refractivity contribution in [3.63, 3.8) is 0 Å². The lowest BCUT2D eigenvalue weighted by atomic mass is 10.0. The molecule has 1 N–H and O–H groups in total. The second-order valence-electron chi connectivity index (χ2n) is 27.3. The van der Waals surface area contributed by atoms with Gasteiger partial charge in [-0.1, -0.05) is 343 Å². The largest absolute Gasteiger partial charge is 0.477 e. The Morgan fingerprint density at radius 3 is 0.945 bits per heavy atom. The number of aliphatic carboxylic acids is 1. The number of nitrogens with zero attached hydrogens (tertiary/aromatic N) is 1. The molecule has 0 amide bonds. The van der Waals surface area contributed by atoms with Gasteiger partial charge in [0.05, 0.1) is 34.4 Å². The monoisotopic (exact) mass is 1280 g/mol. The lowest BCUT2D eigenvalue weighted by molar-refractivity contribution is -0.870. The van der Waals surface area contributed by atoms with Crippen molar-refractivity contribution in [3.8, 4) is 0 Å². The highest BCUT2D eigenvalue weighted by Crippen LogP contribution is 2.19. The summed E-state index contributed by atoms with van der Waals surface area (Å²) in [6.45, 7) is 4.80. The molecule has 9 heteroatoms. The number of rotatable bonds is 72. The molecule has 0 aromatic carbocycles. The van der Waals surface area contributed by atoms with E-state index in [2.05, 4.69) is 98.9 Å². The van der Waals surface area contributed by atoms with Gasteiger partial charge in [-0.15, -0.1) is 0 Å². The van der Waals surface area contributed by atoms with Crippen molar-refractivity contribution in [3.05, 3.63) is 85.1 Å². The Hall–Kier alpha value is -3.53. The summed E-state index contributed by atoms with van der Waals surface area (Å²) < 4.78 is 23.0. The molecular formula is C82H148NO8+. The van der Waals surface area contributed by atoms with E-state index in [-0.39, 0.29) is 32.2 Å². The second kappa shape index (κ2) is 72.3. The highest BCUT2D eigenvalue weighted by Gasteiger charge is 2.25. The minimum Gasteiger partial charge on any atom is -0.477 e. The van der Waals surface area contributed by atoms with Gasteiger partial charge in [-0.3, -0.25) is 9.59 Å². The molecule has 0 fully saturated rings. The molecule has 0 aliphatic heterocycles. The zero-order chi connectivity index (χ0) is 66.1. The van der Waals surface area contributed by atoms with Crippen molar-refractivity contribution < 1.29 is 42.9 Å². The van der Waals surface area contributed by atoms with E-state index in [0.29, 0.717) is 23.9 Å². The predicted molar refractivity (Wildman–Crippen MR) is 392 cm³/mol. The summed E-state index contributed by atoms with van der Waals surface area (Å²) in [4.78, 5) is 37.7. The molecule has 0 aromatic heterocycles. The molecule has 0 aliphatic rings. The Kier molecular flexibility index (Phi) is 69.5. The van der Waals surface area contributed by atoms with E-state index in [4.69, 9.17) is 18.9 Å². The SMILES string of the molecule is CC/C=C\C/C=C\C/C=C\C/C=C\C/C=C\C/C=C\CCCCCCCCCCCCC(=O)OC(COC(=O)CCCCCCCCCCCCCCCCCCCCCCCCCCC/C=C\CCCCCCCCCC)COC(OCC[N+](C)(C)C)C(=O)O. The van der Waals surface area contributed by atoms with E-state index >= 15 is 0 Å². The number of allylic oxidation sites excluding steroid dienone is 14. The van der Waals surface area contributed by atoms with E-state index in [1.54, 1.807) is 0 Å². The van der Waals surface area contributed by atoms with Crippen LogP contribution in [0.4, 0.5) is 0 Å². The summed E-state index contributed by atoms with van der Waals surface area (Å²) >= 11 is 0. The predicted octanol–water partition coefficient (Wildman–Crippen LogP) is 24.6. The summed E-state index contributed by atoms with van der Waals surface area (Å²) in [5.74, 6) is -2.00. The molecule has 9 nitrogen and oxygen atoms in total. The maximum atomic E-state index is 13.0. The molecule has 2 unspecified atom stereocenters. The molecule has 0 aromatic rings. The van der Waals surface area contributed by atoms with Crippen molar-refractivity contribution in [1.82, 2.24) is 0 Å². The van der Waals surface area contributed by atoms with Crippen LogP contribution in [0, 0.1) is 0 Å². The zero-order valence-corrected chi connectivity index (χ0v) is 60.5. The fourth-order valence-corrected chi connectivity index (χ4v) is 11.3. The van der Waals surface area contributed by atoms with Crippen molar-refractivity contribution in [1.29, 1.82) is 0 Å². The van der Waals surface area contributed by atoms with Crippen molar-refractivity contribution in [2.24, 2.45) is 0 Å². The second-order valence-corrected chi connectivity index (χ2v) is 27.3. The summed E-state index contributed by atoms with van der Waals surface area (Å²) in [5, 5.41) is 9.76. The van der Waals surface area contributed by atoms with Gasteiger partial charge in [0.2, 0.25) is 0 Å². The number of carbonyl (C=O) groups is 3. The Labute approximate surface area is 563 Å². The number of quaternary nitrogens is 1. The van der Waals surface area contributed by atoms with E-state index in [9.17, 15) is 19.5 Å². The summed E-state index contributed by atoms with van der Waals surface area (Å²) in [7, 11) is 5.98. The first kappa shape index (κ1) is 87.5. The number of esters is 2. The quantitative estimate of drug-likeness (QED) is 0.0211. The molecular weight excluding hydrogens is 1130 g/mol. The number of ether oxygens (including phenoxy) is 4. The molecule has 0 bridgehead atoms. The number of carboxylic acid groups (broad SMARTS) is 1. The standard InChI is InChI=1S/C82H147NO8/c1-6-8-10-12-14-16-18-20-22-24-26-28-30-32-34-36-37-38-39-40-41-42-43-45-46-48-50-52-54-56-58-60-62-64-66-68-70-72-79(84)89-76-78(77-90-82(81(86)87)88-75-74-83(3,4)5)91-80(85)73-71-69-67-65-63-61-59-57-55-53-51-49-47-44-35-33-31-29-27-25-23-21-19-17-15-13-11-9-7-2/h9,11,15,17,21,23-24,26-27,29,33,35,47,49,78,82H,6-8,10,12-14,16,18-20,22,25,28,30-32,34,36-46,48,50-77H2,1-5H3/p+1/b11-9-,17-15-,23-21-,26-24-,29-27-,35-33-,49-47-. The number of hydrogen-bond donors (Lipinski definition) is 1. The third kappa shape index (κ3) is 73.7. The maximum Gasteiger partial charge on any atom is 0.361 e. The molecule has 0 saturated heterocycles. The first-order chi connectivity index (χ1) is 44.6. The summed E-state index contributed by atoms with van der Waals surface area (Å²) in [5.41, 5.74) is 0. The van der Waals surface area contributed by atoms with Crippen molar-refractivity contribution >= 4 is 17.9 Å². The van der Waals surface area contributed by atoms with Gasteiger partial charge < -0.3 is 28.5 Å².